The number of likely N-dealkylation sites (tertiary alicyclic amines) is 1. The molecule has 26 heavy (non-hydrogen) atoms. The largest absolute Gasteiger partial charge is 0.356 e. The van der Waals surface area contributed by atoms with E-state index in [2.05, 4.69) is 15.0 Å². The smallest absolute Gasteiger partial charge is 0.270 e. The van der Waals surface area contributed by atoms with Crippen molar-refractivity contribution in [1.29, 1.82) is 5.26 Å². The summed E-state index contributed by atoms with van der Waals surface area (Å²) >= 11 is 0. The lowest BCUT2D eigenvalue weighted by molar-refractivity contribution is 0.0595. The maximum atomic E-state index is 12.9. The highest BCUT2D eigenvalue weighted by molar-refractivity contribution is 5.93. The van der Waals surface area contributed by atoms with Crippen LogP contribution in [0.2, 0.25) is 0 Å². The molecular formula is C20H19N5O. The number of amides is 1. The molecule has 2 aromatic heterocycles. The van der Waals surface area contributed by atoms with Crippen molar-refractivity contribution in [2.75, 3.05) is 6.54 Å². The van der Waals surface area contributed by atoms with Crippen LogP contribution in [-0.2, 0) is 0 Å². The Morgan fingerprint density at radius 3 is 2.88 bits per heavy atom. The van der Waals surface area contributed by atoms with Gasteiger partial charge in [0, 0.05) is 12.7 Å². The number of aromatic nitrogens is 3. The Morgan fingerprint density at radius 1 is 1.27 bits per heavy atom. The Hall–Kier alpha value is -3.33. The van der Waals surface area contributed by atoms with Crippen LogP contribution in [0.5, 0.6) is 0 Å². The molecule has 0 unspecified atom stereocenters. The number of carbonyl (C=O) groups excluding carboxylic acids is 1. The van der Waals surface area contributed by atoms with Gasteiger partial charge in [0.15, 0.2) is 0 Å². The highest BCUT2D eigenvalue weighted by Crippen LogP contribution is 2.31. The molecule has 0 radical (unpaired) electrons. The van der Waals surface area contributed by atoms with Gasteiger partial charge in [0.1, 0.15) is 17.6 Å². The quantitative estimate of drug-likeness (QED) is 0.759. The molecule has 0 saturated carbocycles. The summed E-state index contributed by atoms with van der Waals surface area (Å²) < 4.78 is 0. The molecular weight excluding hydrogens is 326 g/mol. The molecule has 1 aromatic carbocycles. The Bertz CT molecular complexity index is 950. The molecule has 3 aromatic rings. The number of piperidine rings is 1. The second-order valence-corrected chi connectivity index (χ2v) is 6.47. The number of imidazole rings is 1. The van der Waals surface area contributed by atoms with Crippen LogP contribution < -0.4 is 0 Å². The average molecular weight is 345 g/mol. The average Bonchev–Trinajstić information content (AvgIpc) is 3.38. The molecule has 0 spiro atoms. The summed E-state index contributed by atoms with van der Waals surface area (Å²) in [5.41, 5.74) is 2.93. The molecule has 3 heterocycles. The molecule has 130 valence electrons. The van der Waals surface area contributed by atoms with Crippen molar-refractivity contribution >= 4 is 5.91 Å². The van der Waals surface area contributed by atoms with Gasteiger partial charge < -0.3 is 14.9 Å². The Kier molecular flexibility index (Phi) is 4.28. The molecule has 1 aliphatic heterocycles. The van der Waals surface area contributed by atoms with Crippen LogP contribution in [0.4, 0.5) is 0 Å². The number of carbonyl (C=O) groups is 1. The molecule has 1 saturated heterocycles. The predicted octanol–water partition coefficient (Wildman–Crippen LogP) is 3.64. The van der Waals surface area contributed by atoms with Gasteiger partial charge in [-0.05, 0) is 30.9 Å². The fourth-order valence-corrected chi connectivity index (χ4v) is 3.47. The van der Waals surface area contributed by atoms with Crippen molar-refractivity contribution in [3.8, 4) is 17.3 Å². The minimum absolute atomic E-state index is 0.0810. The number of rotatable bonds is 3. The van der Waals surface area contributed by atoms with Crippen molar-refractivity contribution in [3.05, 3.63) is 65.9 Å². The van der Waals surface area contributed by atoms with Crippen LogP contribution in [0.25, 0.3) is 11.3 Å². The van der Waals surface area contributed by atoms with Crippen LogP contribution in [-0.4, -0.2) is 32.3 Å². The third-order valence-electron chi connectivity index (χ3n) is 4.80. The molecule has 2 N–H and O–H groups in total. The number of nitrogens with one attached hydrogen (secondary N) is 2. The maximum Gasteiger partial charge on any atom is 0.270 e. The van der Waals surface area contributed by atoms with E-state index < -0.39 is 0 Å². The first kappa shape index (κ1) is 16.2. The van der Waals surface area contributed by atoms with Crippen LogP contribution >= 0.6 is 0 Å². The van der Waals surface area contributed by atoms with Gasteiger partial charge in [-0.2, -0.15) is 5.26 Å². The van der Waals surface area contributed by atoms with E-state index in [4.69, 9.17) is 5.26 Å². The van der Waals surface area contributed by atoms with Crippen molar-refractivity contribution < 1.29 is 4.79 Å². The molecule has 1 atom stereocenters. The number of nitrogens with zero attached hydrogens (tertiary/aromatic N) is 3. The second kappa shape index (κ2) is 6.89. The van der Waals surface area contributed by atoms with Gasteiger partial charge in [0.2, 0.25) is 0 Å². The number of nitriles is 1. The molecule has 0 bridgehead atoms. The lowest BCUT2D eigenvalue weighted by Crippen LogP contribution is -2.39. The zero-order chi connectivity index (χ0) is 17.9. The zero-order valence-corrected chi connectivity index (χ0v) is 14.3. The number of hydrogen-bond acceptors (Lipinski definition) is 3. The Labute approximate surface area is 151 Å². The van der Waals surface area contributed by atoms with E-state index in [1.165, 1.54) is 0 Å². The summed E-state index contributed by atoms with van der Waals surface area (Å²) in [6.45, 7) is 0.686. The highest BCUT2D eigenvalue weighted by Gasteiger charge is 2.31. The van der Waals surface area contributed by atoms with Gasteiger partial charge in [-0.25, -0.2) is 4.98 Å². The first-order chi connectivity index (χ1) is 12.8. The summed E-state index contributed by atoms with van der Waals surface area (Å²) in [5.74, 6) is 0.720. The lowest BCUT2D eigenvalue weighted by Gasteiger charge is -2.34. The first-order valence-electron chi connectivity index (χ1n) is 8.76. The number of benzene rings is 1. The third kappa shape index (κ3) is 3.00. The van der Waals surface area contributed by atoms with Crippen LogP contribution in [0.1, 0.15) is 47.2 Å². The van der Waals surface area contributed by atoms with E-state index in [0.29, 0.717) is 17.8 Å². The summed E-state index contributed by atoms with van der Waals surface area (Å²) in [6, 6.07) is 13.6. The Balaban J connectivity index is 1.61. The normalized spacial score (nSPS) is 17.0. The van der Waals surface area contributed by atoms with Crippen molar-refractivity contribution in [1.82, 2.24) is 19.9 Å². The van der Waals surface area contributed by atoms with Crippen LogP contribution in [0.15, 0.2) is 48.8 Å². The molecule has 1 fully saturated rings. The third-order valence-corrected chi connectivity index (χ3v) is 4.80. The highest BCUT2D eigenvalue weighted by atomic mass is 16.2. The minimum atomic E-state index is -0.0890. The molecule has 0 aliphatic carbocycles. The maximum absolute atomic E-state index is 12.9. The van der Waals surface area contributed by atoms with Crippen LogP contribution in [0, 0.1) is 11.3 Å². The zero-order valence-electron chi connectivity index (χ0n) is 14.3. The van der Waals surface area contributed by atoms with E-state index >= 15 is 0 Å². The standard InChI is InChI=1S/C20H19N5O/c21-11-14-10-16(22-12-14)20(26)25-9-5-4-8-18(25)19-23-13-17(24-19)15-6-2-1-3-7-15/h1-3,6-7,10,12-13,18,22H,4-5,8-9H2,(H,23,24)/t18-/m1/s1. The Morgan fingerprint density at radius 2 is 2.12 bits per heavy atom. The number of hydrogen-bond donors (Lipinski definition) is 2. The van der Waals surface area contributed by atoms with Gasteiger partial charge in [0.05, 0.1) is 23.5 Å². The molecule has 1 aliphatic rings. The van der Waals surface area contributed by atoms with Gasteiger partial charge in [-0.3, -0.25) is 4.79 Å². The van der Waals surface area contributed by atoms with Crippen molar-refractivity contribution in [2.45, 2.75) is 25.3 Å². The lowest BCUT2D eigenvalue weighted by atomic mass is 10.0. The van der Waals surface area contributed by atoms with E-state index in [1.54, 1.807) is 12.3 Å². The monoisotopic (exact) mass is 345 g/mol. The van der Waals surface area contributed by atoms with Crippen LogP contribution in [0.3, 0.4) is 0 Å². The first-order valence-corrected chi connectivity index (χ1v) is 8.76. The predicted molar refractivity (Wildman–Crippen MR) is 97.2 cm³/mol. The van der Waals surface area contributed by atoms with Crippen molar-refractivity contribution in [2.24, 2.45) is 0 Å². The minimum Gasteiger partial charge on any atom is -0.356 e. The molecule has 6 nitrogen and oxygen atoms in total. The van der Waals surface area contributed by atoms with Gasteiger partial charge in [0.25, 0.3) is 5.91 Å². The van der Waals surface area contributed by atoms with Gasteiger partial charge in [-0.15, -0.1) is 0 Å². The summed E-state index contributed by atoms with van der Waals surface area (Å²) in [4.78, 5) is 25.6. The summed E-state index contributed by atoms with van der Waals surface area (Å²) in [5, 5.41) is 8.97. The number of aromatic amines is 2. The molecule has 1 amide bonds. The van der Waals surface area contributed by atoms with E-state index in [1.807, 2.05) is 47.5 Å². The topological polar surface area (TPSA) is 88.6 Å². The fraction of sp³-hybridized carbons (Fsp3) is 0.250. The SMILES string of the molecule is N#Cc1c[nH]c(C(=O)N2CCCC[C@@H]2c2ncc(-c3ccccc3)[nH]2)c1. The fourth-order valence-electron chi connectivity index (χ4n) is 3.47. The van der Waals surface area contributed by atoms with Gasteiger partial charge >= 0.3 is 0 Å². The molecule has 4 rings (SSSR count). The van der Waals surface area contributed by atoms with E-state index in [-0.39, 0.29) is 11.9 Å². The second-order valence-electron chi connectivity index (χ2n) is 6.47. The van der Waals surface area contributed by atoms with E-state index in [0.717, 1.165) is 36.3 Å². The van der Waals surface area contributed by atoms with Crippen molar-refractivity contribution in [3.63, 3.8) is 0 Å². The summed E-state index contributed by atoms with van der Waals surface area (Å²) in [7, 11) is 0. The summed E-state index contributed by atoms with van der Waals surface area (Å²) in [6.07, 6.45) is 6.29. The van der Waals surface area contributed by atoms with E-state index in [9.17, 15) is 4.79 Å². The van der Waals surface area contributed by atoms with Gasteiger partial charge in [-0.1, -0.05) is 30.3 Å². The molecule has 6 heteroatoms. The number of H-pyrrole nitrogens is 2.